The van der Waals surface area contributed by atoms with E-state index in [0.717, 1.165) is 25.0 Å². The van der Waals surface area contributed by atoms with E-state index in [-0.39, 0.29) is 12.0 Å². The molecular weight excluding hydrogens is 302 g/mol. The molecule has 0 saturated carbocycles. The molecule has 1 aliphatic heterocycles. The number of nitrogens with one attached hydrogen (secondary N) is 1. The van der Waals surface area contributed by atoms with Gasteiger partial charge in [0.25, 0.3) is 0 Å². The third-order valence-corrected chi connectivity index (χ3v) is 5.27. The fraction of sp³-hybridized carbons (Fsp3) is 0.538. The van der Waals surface area contributed by atoms with Gasteiger partial charge in [0.15, 0.2) is 5.82 Å². The first-order chi connectivity index (χ1) is 9.83. The van der Waals surface area contributed by atoms with Crippen LogP contribution >= 0.6 is 0 Å². The Kier molecular flexibility index (Phi) is 4.80. The third-order valence-electron chi connectivity index (χ3n) is 3.69. The molecule has 1 fully saturated rings. The summed E-state index contributed by atoms with van der Waals surface area (Å²) in [7, 11) is -4.09. The first-order valence-electron chi connectivity index (χ1n) is 6.66. The number of ether oxygens (including phenoxy) is 1. The largest absolute Gasteiger partial charge is 0.394 e. The maximum Gasteiger partial charge on any atom is 0.243 e. The lowest BCUT2D eigenvalue weighted by Crippen LogP contribution is -2.40. The molecule has 1 aromatic carbocycles. The van der Waals surface area contributed by atoms with Gasteiger partial charge >= 0.3 is 0 Å². The van der Waals surface area contributed by atoms with E-state index in [2.05, 4.69) is 4.72 Å². The fourth-order valence-corrected chi connectivity index (χ4v) is 3.78. The molecule has 1 heterocycles. The summed E-state index contributed by atoms with van der Waals surface area (Å²) in [5.74, 6) is -2.13. The Bertz CT molecular complexity index is 616. The van der Waals surface area contributed by atoms with E-state index in [4.69, 9.17) is 10.5 Å². The van der Waals surface area contributed by atoms with E-state index in [1.54, 1.807) is 6.92 Å². The van der Waals surface area contributed by atoms with Crippen molar-refractivity contribution in [2.24, 2.45) is 5.92 Å². The number of hydrogen-bond donors (Lipinski definition) is 2. The molecule has 1 aromatic rings. The van der Waals surface area contributed by atoms with Crippen LogP contribution in [0.25, 0.3) is 0 Å². The van der Waals surface area contributed by atoms with Crippen LogP contribution in [0, 0.1) is 17.6 Å². The van der Waals surface area contributed by atoms with Crippen molar-refractivity contribution >= 4 is 15.7 Å². The monoisotopic (exact) mass is 320 g/mol. The van der Waals surface area contributed by atoms with Crippen LogP contribution < -0.4 is 10.5 Å². The summed E-state index contributed by atoms with van der Waals surface area (Å²) >= 11 is 0. The molecule has 0 radical (unpaired) electrons. The lowest BCUT2D eigenvalue weighted by Gasteiger charge is -2.28. The number of benzene rings is 1. The summed E-state index contributed by atoms with van der Waals surface area (Å²) in [5, 5.41) is 0. The number of rotatable bonds is 4. The van der Waals surface area contributed by atoms with Gasteiger partial charge < -0.3 is 10.5 Å². The van der Waals surface area contributed by atoms with Crippen LogP contribution in [-0.4, -0.2) is 27.7 Å². The lowest BCUT2D eigenvalue weighted by molar-refractivity contribution is 0.0585. The summed E-state index contributed by atoms with van der Waals surface area (Å²) in [5.41, 5.74) is 4.40. The van der Waals surface area contributed by atoms with Crippen molar-refractivity contribution in [3.8, 4) is 0 Å². The first-order valence-corrected chi connectivity index (χ1v) is 8.15. The van der Waals surface area contributed by atoms with Crippen LogP contribution in [0.2, 0.25) is 0 Å². The summed E-state index contributed by atoms with van der Waals surface area (Å²) in [4.78, 5) is -0.639. The highest BCUT2D eigenvalue weighted by atomic mass is 32.2. The summed E-state index contributed by atoms with van der Waals surface area (Å²) in [6.07, 6.45) is 1.47. The van der Waals surface area contributed by atoms with E-state index >= 15 is 0 Å². The van der Waals surface area contributed by atoms with Gasteiger partial charge in [0.2, 0.25) is 10.0 Å². The van der Waals surface area contributed by atoms with E-state index in [1.165, 1.54) is 0 Å². The smallest absolute Gasteiger partial charge is 0.243 e. The average Bonchev–Trinajstić information content (AvgIpc) is 2.45. The zero-order valence-corrected chi connectivity index (χ0v) is 12.4. The first kappa shape index (κ1) is 16.1. The van der Waals surface area contributed by atoms with Crippen molar-refractivity contribution in [3.63, 3.8) is 0 Å². The number of anilines is 1. The minimum Gasteiger partial charge on any atom is -0.394 e. The number of sulfonamides is 1. The molecule has 21 heavy (non-hydrogen) atoms. The Hall–Kier alpha value is -1.25. The average molecular weight is 320 g/mol. The second-order valence-corrected chi connectivity index (χ2v) is 6.82. The van der Waals surface area contributed by atoms with Gasteiger partial charge in [-0.3, -0.25) is 0 Å². The van der Waals surface area contributed by atoms with Gasteiger partial charge in [-0.1, -0.05) is 0 Å². The molecule has 0 amide bonds. The van der Waals surface area contributed by atoms with Crippen molar-refractivity contribution in [1.82, 2.24) is 4.72 Å². The quantitative estimate of drug-likeness (QED) is 0.826. The number of halogens is 2. The minimum absolute atomic E-state index is 0.120. The van der Waals surface area contributed by atoms with Gasteiger partial charge in [-0.25, -0.2) is 21.9 Å². The lowest BCUT2D eigenvalue weighted by atomic mass is 9.94. The molecule has 1 saturated heterocycles. The predicted molar refractivity (Wildman–Crippen MR) is 74.1 cm³/mol. The summed E-state index contributed by atoms with van der Waals surface area (Å²) in [6, 6.07) is 1.34. The van der Waals surface area contributed by atoms with E-state index in [9.17, 15) is 17.2 Å². The van der Waals surface area contributed by atoms with Gasteiger partial charge in [0, 0.05) is 19.3 Å². The van der Waals surface area contributed by atoms with E-state index in [1.807, 2.05) is 0 Å². The summed E-state index contributed by atoms with van der Waals surface area (Å²) in [6.45, 7) is 2.88. The number of nitrogen functional groups attached to an aromatic ring is 1. The molecule has 8 heteroatoms. The predicted octanol–water partition coefficient (Wildman–Crippen LogP) is 1.64. The Labute approximate surface area is 122 Å². The molecular formula is C13H18F2N2O3S. The van der Waals surface area contributed by atoms with Gasteiger partial charge in [0.1, 0.15) is 16.4 Å². The molecule has 1 atom stereocenters. The number of nitrogens with two attached hydrogens (primary N) is 1. The van der Waals surface area contributed by atoms with Crippen molar-refractivity contribution < 1.29 is 21.9 Å². The molecule has 0 spiro atoms. The second-order valence-electron chi connectivity index (χ2n) is 5.13. The zero-order chi connectivity index (χ0) is 15.6. The van der Waals surface area contributed by atoms with Crippen LogP contribution in [0.3, 0.4) is 0 Å². The zero-order valence-electron chi connectivity index (χ0n) is 11.6. The molecule has 2 rings (SSSR count). The molecule has 1 aliphatic rings. The van der Waals surface area contributed by atoms with Crippen LogP contribution in [0.4, 0.5) is 14.5 Å². The standard InChI is InChI=1S/C13H18F2N2O3S/c1-8(9-4-6-20-7-5-9)17-21(18,19)11-3-2-10(14)13(16)12(11)15/h2-3,8-9,17H,4-7,16H2,1H3. The van der Waals surface area contributed by atoms with E-state index in [0.29, 0.717) is 13.2 Å². The normalized spacial score (nSPS) is 18.6. The SMILES string of the molecule is CC(NS(=O)(=O)c1ccc(F)c(N)c1F)C1CCOCC1. The van der Waals surface area contributed by atoms with Gasteiger partial charge in [-0.2, -0.15) is 0 Å². The second kappa shape index (κ2) is 6.25. The van der Waals surface area contributed by atoms with Crippen molar-refractivity contribution in [2.45, 2.75) is 30.7 Å². The Morgan fingerprint density at radius 2 is 1.95 bits per heavy atom. The van der Waals surface area contributed by atoms with Crippen LogP contribution in [0.1, 0.15) is 19.8 Å². The molecule has 0 aliphatic carbocycles. The third kappa shape index (κ3) is 3.50. The van der Waals surface area contributed by atoms with Crippen LogP contribution in [0.5, 0.6) is 0 Å². The van der Waals surface area contributed by atoms with Crippen molar-refractivity contribution in [1.29, 1.82) is 0 Å². The number of hydrogen-bond acceptors (Lipinski definition) is 4. The molecule has 118 valence electrons. The Morgan fingerprint density at radius 3 is 2.57 bits per heavy atom. The van der Waals surface area contributed by atoms with Crippen LogP contribution in [0.15, 0.2) is 17.0 Å². The summed E-state index contributed by atoms with van der Waals surface area (Å²) < 4.78 is 59.0. The molecule has 0 aromatic heterocycles. The molecule has 1 unspecified atom stereocenters. The van der Waals surface area contributed by atoms with Crippen molar-refractivity contribution in [3.05, 3.63) is 23.8 Å². The highest BCUT2D eigenvalue weighted by Crippen LogP contribution is 2.24. The highest BCUT2D eigenvalue weighted by Gasteiger charge is 2.28. The maximum atomic E-state index is 13.8. The van der Waals surface area contributed by atoms with Crippen LogP contribution in [-0.2, 0) is 14.8 Å². The maximum absolute atomic E-state index is 13.8. The van der Waals surface area contributed by atoms with Gasteiger partial charge in [0.05, 0.1) is 0 Å². The highest BCUT2D eigenvalue weighted by molar-refractivity contribution is 7.89. The van der Waals surface area contributed by atoms with Gasteiger partial charge in [-0.05, 0) is 37.8 Å². The topological polar surface area (TPSA) is 81.4 Å². The Balaban J connectivity index is 2.20. The Morgan fingerprint density at radius 1 is 1.33 bits per heavy atom. The minimum atomic E-state index is -4.09. The molecule has 5 nitrogen and oxygen atoms in total. The fourth-order valence-electron chi connectivity index (χ4n) is 2.38. The van der Waals surface area contributed by atoms with Gasteiger partial charge in [-0.15, -0.1) is 0 Å². The van der Waals surface area contributed by atoms with E-state index < -0.39 is 32.2 Å². The molecule has 0 bridgehead atoms. The molecule has 3 N–H and O–H groups in total. The van der Waals surface area contributed by atoms with Crippen molar-refractivity contribution in [2.75, 3.05) is 18.9 Å².